The normalized spacial score (nSPS) is 12.7. The Balaban J connectivity index is 1.89. The molecule has 0 spiro atoms. The van der Waals surface area contributed by atoms with Crippen LogP contribution in [-0.4, -0.2) is 27.9 Å². The summed E-state index contributed by atoms with van der Waals surface area (Å²) in [5, 5.41) is 0. The fourth-order valence-electron chi connectivity index (χ4n) is 3.76. The van der Waals surface area contributed by atoms with Crippen molar-refractivity contribution in [1.82, 2.24) is 0 Å². The molecule has 4 aromatic rings. The molecular formula is C26H16F6O6S2. The summed E-state index contributed by atoms with van der Waals surface area (Å²) in [6.07, 6.45) is 0. The SMILES string of the molecule is O=S(=O)(Oc1ccccc1-c1ccccc1-c1ccccc1-c1ccccc1OS(=O)(=O)C(F)(F)F)C(F)(F)F. The van der Waals surface area contributed by atoms with Crippen molar-refractivity contribution < 1.29 is 51.5 Å². The van der Waals surface area contributed by atoms with E-state index >= 15 is 0 Å². The van der Waals surface area contributed by atoms with E-state index in [2.05, 4.69) is 8.37 Å². The van der Waals surface area contributed by atoms with Crippen LogP contribution in [0.5, 0.6) is 11.5 Å². The van der Waals surface area contributed by atoms with Gasteiger partial charge in [-0.05, 0) is 34.4 Å². The monoisotopic (exact) mass is 602 g/mol. The molecule has 40 heavy (non-hydrogen) atoms. The van der Waals surface area contributed by atoms with E-state index in [1.54, 1.807) is 24.3 Å². The molecule has 14 heteroatoms. The van der Waals surface area contributed by atoms with Gasteiger partial charge in [-0.1, -0.05) is 84.9 Å². The van der Waals surface area contributed by atoms with Crippen molar-refractivity contribution in [3.05, 3.63) is 97.1 Å². The Hall–Kier alpha value is -4.04. The number of para-hydroxylation sites is 2. The lowest BCUT2D eigenvalue weighted by molar-refractivity contribution is -0.0504. The van der Waals surface area contributed by atoms with Crippen LogP contribution in [0.2, 0.25) is 0 Å². The van der Waals surface area contributed by atoms with Crippen LogP contribution >= 0.6 is 0 Å². The molecule has 6 nitrogen and oxygen atoms in total. The zero-order chi connectivity index (χ0) is 29.3. The van der Waals surface area contributed by atoms with E-state index in [0.29, 0.717) is 11.1 Å². The van der Waals surface area contributed by atoms with E-state index in [9.17, 15) is 43.2 Å². The summed E-state index contributed by atoms with van der Waals surface area (Å²) in [4.78, 5) is 0. The van der Waals surface area contributed by atoms with Gasteiger partial charge < -0.3 is 8.37 Å². The fraction of sp³-hybridized carbons (Fsp3) is 0.0769. The Bertz CT molecular complexity index is 1630. The average Bonchev–Trinajstić information content (AvgIpc) is 2.88. The molecule has 0 aliphatic carbocycles. The highest BCUT2D eigenvalue weighted by atomic mass is 32.2. The molecule has 0 saturated carbocycles. The first-order valence-electron chi connectivity index (χ1n) is 11.0. The standard InChI is InChI=1S/C26H16F6O6S2/c27-25(28,29)39(33,34)37-23-15-7-5-13-21(23)19-11-3-1-9-17(19)18-10-2-4-12-20(18)22-14-6-8-16-24(22)38-40(35,36)26(30,31)32/h1-16H. The third-order valence-electron chi connectivity index (χ3n) is 5.46. The van der Waals surface area contributed by atoms with Crippen molar-refractivity contribution in [1.29, 1.82) is 0 Å². The van der Waals surface area contributed by atoms with E-state index in [1.165, 1.54) is 60.7 Å². The van der Waals surface area contributed by atoms with Crippen LogP contribution in [0.3, 0.4) is 0 Å². The summed E-state index contributed by atoms with van der Waals surface area (Å²) < 4.78 is 134. The molecule has 0 amide bonds. The Morgan fingerprint density at radius 1 is 0.400 bits per heavy atom. The number of halogens is 6. The highest BCUT2D eigenvalue weighted by Crippen LogP contribution is 2.44. The molecular weight excluding hydrogens is 586 g/mol. The van der Waals surface area contributed by atoms with Crippen LogP contribution in [0, 0.1) is 0 Å². The minimum absolute atomic E-state index is 0.0371. The second-order valence-corrected chi connectivity index (χ2v) is 11.1. The van der Waals surface area contributed by atoms with E-state index < -0.39 is 42.8 Å². The van der Waals surface area contributed by atoms with Gasteiger partial charge in [0.15, 0.2) is 11.5 Å². The van der Waals surface area contributed by atoms with Crippen LogP contribution in [0.15, 0.2) is 97.1 Å². The van der Waals surface area contributed by atoms with Crippen molar-refractivity contribution in [2.45, 2.75) is 11.0 Å². The van der Waals surface area contributed by atoms with E-state index in [4.69, 9.17) is 0 Å². The summed E-state index contributed by atoms with van der Waals surface area (Å²) >= 11 is 0. The lowest BCUT2D eigenvalue weighted by Crippen LogP contribution is -2.28. The summed E-state index contributed by atoms with van der Waals surface area (Å²) in [7, 11) is -12.0. The summed E-state index contributed by atoms with van der Waals surface area (Å²) in [5.41, 5.74) is -10.4. The second kappa shape index (κ2) is 10.5. The van der Waals surface area contributed by atoms with Gasteiger partial charge in [0.05, 0.1) is 0 Å². The molecule has 210 valence electrons. The van der Waals surface area contributed by atoms with Crippen molar-refractivity contribution in [3.63, 3.8) is 0 Å². The molecule has 0 aliphatic heterocycles. The lowest BCUT2D eigenvalue weighted by Gasteiger charge is -2.18. The minimum atomic E-state index is -6.01. The quantitative estimate of drug-likeness (QED) is 0.127. The number of hydrogen-bond acceptors (Lipinski definition) is 6. The van der Waals surface area contributed by atoms with Crippen molar-refractivity contribution >= 4 is 20.2 Å². The maximum absolute atomic E-state index is 13.0. The predicted octanol–water partition coefficient (Wildman–Crippen LogP) is 7.14. The van der Waals surface area contributed by atoms with Gasteiger partial charge in [-0.15, -0.1) is 0 Å². The number of hydrogen-bond donors (Lipinski definition) is 0. The van der Waals surface area contributed by atoms with Gasteiger partial charge in [0.2, 0.25) is 0 Å². The zero-order valence-corrected chi connectivity index (χ0v) is 21.4. The molecule has 0 fully saturated rings. The maximum atomic E-state index is 13.0. The van der Waals surface area contributed by atoms with Crippen molar-refractivity contribution in [2.24, 2.45) is 0 Å². The zero-order valence-electron chi connectivity index (χ0n) is 19.8. The summed E-state index contributed by atoms with van der Waals surface area (Å²) in [6.45, 7) is 0. The Morgan fingerprint density at radius 2 is 0.625 bits per heavy atom. The third kappa shape index (κ3) is 5.77. The molecule has 4 rings (SSSR count). The molecule has 0 bridgehead atoms. The molecule has 0 unspecified atom stereocenters. The Labute approximate surface area is 224 Å². The van der Waals surface area contributed by atoms with Crippen LogP contribution in [0.1, 0.15) is 0 Å². The lowest BCUT2D eigenvalue weighted by atomic mass is 9.89. The molecule has 0 N–H and O–H groups in total. The van der Waals surface area contributed by atoms with Crippen LogP contribution in [0.4, 0.5) is 26.3 Å². The second-order valence-electron chi connectivity index (χ2n) is 8.05. The van der Waals surface area contributed by atoms with E-state index in [-0.39, 0.29) is 22.3 Å². The Morgan fingerprint density at radius 3 is 0.900 bits per heavy atom. The van der Waals surface area contributed by atoms with Gasteiger partial charge in [0.1, 0.15) is 0 Å². The predicted molar refractivity (Wildman–Crippen MR) is 134 cm³/mol. The van der Waals surface area contributed by atoms with Crippen LogP contribution < -0.4 is 8.37 Å². The molecule has 4 aromatic carbocycles. The molecule has 0 heterocycles. The first kappa shape index (κ1) is 29.0. The van der Waals surface area contributed by atoms with Gasteiger partial charge in [0.25, 0.3) is 0 Å². The summed E-state index contributed by atoms with van der Waals surface area (Å²) in [6, 6.07) is 22.4. The first-order valence-corrected chi connectivity index (χ1v) is 13.8. The van der Waals surface area contributed by atoms with Crippen LogP contribution in [-0.2, 0) is 20.2 Å². The number of rotatable bonds is 7. The summed E-state index contributed by atoms with van der Waals surface area (Å²) in [5.74, 6) is -1.24. The largest absolute Gasteiger partial charge is 0.534 e. The van der Waals surface area contributed by atoms with Gasteiger partial charge in [-0.2, -0.15) is 43.2 Å². The van der Waals surface area contributed by atoms with Gasteiger partial charge >= 0.3 is 31.3 Å². The van der Waals surface area contributed by atoms with Gasteiger partial charge in [-0.3, -0.25) is 0 Å². The fourth-order valence-corrected chi connectivity index (χ4v) is 4.71. The average molecular weight is 603 g/mol. The molecule has 0 saturated heterocycles. The molecule has 0 aromatic heterocycles. The smallest absolute Gasteiger partial charge is 0.375 e. The Kier molecular flexibility index (Phi) is 7.60. The topological polar surface area (TPSA) is 86.7 Å². The highest BCUT2D eigenvalue weighted by Gasteiger charge is 2.49. The highest BCUT2D eigenvalue weighted by molar-refractivity contribution is 7.88. The molecule has 0 aliphatic rings. The third-order valence-corrected chi connectivity index (χ3v) is 7.40. The minimum Gasteiger partial charge on any atom is -0.375 e. The number of alkyl halides is 6. The maximum Gasteiger partial charge on any atom is 0.534 e. The van der Waals surface area contributed by atoms with Crippen molar-refractivity contribution in [2.75, 3.05) is 0 Å². The molecule has 0 atom stereocenters. The number of benzene rings is 4. The molecule has 0 radical (unpaired) electrons. The first-order chi connectivity index (χ1) is 18.6. The van der Waals surface area contributed by atoms with Crippen molar-refractivity contribution in [3.8, 4) is 44.9 Å². The van der Waals surface area contributed by atoms with Crippen LogP contribution in [0.25, 0.3) is 33.4 Å². The van der Waals surface area contributed by atoms with Gasteiger partial charge in [-0.25, -0.2) is 0 Å². The van der Waals surface area contributed by atoms with E-state index in [0.717, 1.165) is 12.1 Å². The van der Waals surface area contributed by atoms with Gasteiger partial charge in [0, 0.05) is 11.1 Å². The van der Waals surface area contributed by atoms with E-state index in [1.807, 2.05) is 0 Å².